The number of ether oxygens (including phenoxy) is 1. The molecule has 2 aliphatic rings. The molecule has 7 nitrogen and oxygen atoms in total. The molecule has 0 bridgehead atoms. The van der Waals surface area contributed by atoms with Gasteiger partial charge in [-0.3, -0.25) is 0 Å². The Morgan fingerprint density at radius 1 is 1.31 bits per heavy atom. The van der Waals surface area contributed by atoms with Crippen molar-refractivity contribution in [3.8, 4) is 6.07 Å². The average molecular weight is 359 g/mol. The molecule has 2 saturated carbocycles. The molecule has 1 aromatic rings. The van der Waals surface area contributed by atoms with Crippen LogP contribution in [0.3, 0.4) is 0 Å². The van der Waals surface area contributed by atoms with Crippen LogP contribution in [-0.2, 0) is 4.74 Å². The fraction of sp³-hybridized carbons (Fsp3) is 0.737. The summed E-state index contributed by atoms with van der Waals surface area (Å²) in [4.78, 5) is 8.90. The number of anilines is 2. The van der Waals surface area contributed by atoms with Crippen LogP contribution in [-0.4, -0.2) is 46.0 Å². The van der Waals surface area contributed by atoms with Gasteiger partial charge in [-0.25, -0.2) is 4.98 Å². The van der Waals surface area contributed by atoms with Crippen molar-refractivity contribution in [3.05, 3.63) is 11.8 Å². The van der Waals surface area contributed by atoms with Crippen molar-refractivity contribution in [1.29, 1.82) is 5.26 Å². The highest BCUT2D eigenvalue weighted by Crippen LogP contribution is 2.32. The van der Waals surface area contributed by atoms with Crippen molar-refractivity contribution in [1.82, 2.24) is 9.97 Å². The number of aliphatic hydroxyl groups is 1. The molecule has 1 heterocycles. The molecule has 1 unspecified atom stereocenters. The minimum atomic E-state index is -0.277. The standard InChI is InChI=1S/C19H29N5O2/c1-19(8-6-16(26-2)7-9-19)24-18-21-12-13(11-20)17(23-18)22-14-4-3-5-15(25)10-14/h12,14-16,25H,3-10H2,1-2H3,(H2,21,22,23,24)/t14?,15-,16?,19?/m0/s1. The van der Waals surface area contributed by atoms with Crippen LogP contribution in [0.4, 0.5) is 11.8 Å². The number of aliphatic hydroxyl groups excluding tert-OH is 1. The van der Waals surface area contributed by atoms with E-state index >= 15 is 0 Å². The summed E-state index contributed by atoms with van der Waals surface area (Å²) in [5, 5.41) is 26.0. The molecule has 0 radical (unpaired) electrons. The topological polar surface area (TPSA) is 103 Å². The maximum atomic E-state index is 9.87. The van der Waals surface area contributed by atoms with Crippen molar-refractivity contribution in [2.75, 3.05) is 17.7 Å². The van der Waals surface area contributed by atoms with Crippen molar-refractivity contribution in [2.45, 2.75) is 82.1 Å². The highest BCUT2D eigenvalue weighted by atomic mass is 16.5. The first-order valence-corrected chi connectivity index (χ1v) is 9.54. The Balaban J connectivity index is 1.70. The molecule has 3 N–H and O–H groups in total. The van der Waals surface area contributed by atoms with Gasteiger partial charge in [-0.05, 0) is 58.3 Å². The molecule has 0 amide bonds. The first-order chi connectivity index (χ1) is 12.5. The van der Waals surface area contributed by atoms with E-state index in [0.29, 0.717) is 29.9 Å². The third-order valence-corrected chi connectivity index (χ3v) is 5.68. The van der Waals surface area contributed by atoms with Crippen LogP contribution in [0.25, 0.3) is 0 Å². The minimum absolute atomic E-state index is 0.0680. The average Bonchev–Trinajstić information content (AvgIpc) is 2.62. The Hall–Kier alpha value is -1.91. The van der Waals surface area contributed by atoms with Crippen LogP contribution in [0.15, 0.2) is 6.20 Å². The van der Waals surface area contributed by atoms with E-state index in [1.54, 1.807) is 13.3 Å². The maximum Gasteiger partial charge on any atom is 0.225 e. The molecular formula is C19H29N5O2. The van der Waals surface area contributed by atoms with Crippen molar-refractivity contribution < 1.29 is 9.84 Å². The highest BCUT2D eigenvalue weighted by Gasteiger charge is 2.32. The Bertz CT molecular complexity index is 652. The van der Waals surface area contributed by atoms with Gasteiger partial charge in [0.05, 0.1) is 18.4 Å². The van der Waals surface area contributed by atoms with Crippen molar-refractivity contribution >= 4 is 11.8 Å². The van der Waals surface area contributed by atoms with Gasteiger partial charge >= 0.3 is 0 Å². The third kappa shape index (κ3) is 4.63. The van der Waals surface area contributed by atoms with E-state index in [4.69, 9.17) is 4.74 Å². The second kappa shape index (κ2) is 8.19. The monoisotopic (exact) mass is 359 g/mol. The summed E-state index contributed by atoms with van der Waals surface area (Å²) in [6.45, 7) is 2.19. The summed E-state index contributed by atoms with van der Waals surface area (Å²) in [7, 11) is 1.77. The molecule has 7 heteroatoms. The predicted molar refractivity (Wildman–Crippen MR) is 99.9 cm³/mol. The normalized spacial score (nSPS) is 31.8. The summed E-state index contributed by atoms with van der Waals surface area (Å²) in [6, 6.07) is 2.30. The molecule has 0 aromatic carbocycles. The molecule has 2 aliphatic carbocycles. The number of methoxy groups -OCH3 is 1. The van der Waals surface area contributed by atoms with Crippen LogP contribution in [0.1, 0.15) is 63.9 Å². The van der Waals surface area contributed by atoms with E-state index in [1.165, 1.54) is 0 Å². The van der Waals surface area contributed by atoms with Gasteiger partial charge in [-0.2, -0.15) is 10.2 Å². The van der Waals surface area contributed by atoms with Gasteiger partial charge in [0.15, 0.2) is 0 Å². The zero-order chi connectivity index (χ0) is 18.6. The highest BCUT2D eigenvalue weighted by molar-refractivity contribution is 5.54. The smallest absolute Gasteiger partial charge is 0.225 e. The first kappa shape index (κ1) is 18.9. The molecule has 3 rings (SSSR count). The van der Waals surface area contributed by atoms with Crippen molar-refractivity contribution in [2.24, 2.45) is 0 Å². The Labute approximate surface area is 155 Å². The summed E-state index contributed by atoms with van der Waals surface area (Å²) >= 11 is 0. The molecule has 0 aliphatic heterocycles. The molecule has 142 valence electrons. The second-order valence-corrected chi connectivity index (χ2v) is 7.85. The lowest BCUT2D eigenvalue weighted by Crippen LogP contribution is -2.41. The summed E-state index contributed by atoms with van der Waals surface area (Å²) in [6.07, 6.45) is 9.14. The van der Waals surface area contributed by atoms with Crippen LogP contribution in [0.5, 0.6) is 0 Å². The third-order valence-electron chi connectivity index (χ3n) is 5.68. The van der Waals surface area contributed by atoms with Gasteiger partial charge < -0.3 is 20.5 Å². The lowest BCUT2D eigenvalue weighted by atomic mass is 9.82. The zero-order valence-electron chi connectivity index (χ0n) is 15.7. The van der Waals surface area contributed by atoms with Gasteiger partial charge in [0.1, 0.15) is 17.5 Å². The second-order valence-electron chi connectivity index (χ2n) is 7.85. The van der Waals surface area contributed by atoms with Crippen molar-refractivity contribution in [3.63, 3.8) is 0 Å². The van der Waals surface area contributed by atoms with Crippen LogP contribution in [0, 0.1) is 11.3 Å². The molecule has 0 spiro atoms. The van der Waals surface area contributed by atoms with Gasteiger partial charge in [0.2, 0.25) is 5.95 Å². The molecule has 0 saturated heterocycles. The first-order valence-electron chi connectivity index (χ1n) is 9.54. The van der Waals surface area contributed by atoms with E-state index in [2.05, 4.69) is 33.6 Å². The number of nitrogens with one attached hydrogen (secondary N) is 2. The number of aromatic nitrogens is 2. The fourth-order valence-electron chi connectivity index (χ4n) is 3.98. The zero-order valence-corrected chi connectivity index (χ0v) is 15.7. The van der Waals surface area contributed by atoms with Gasteiger partial charge in [-0.1, -0.05) is 0 Å². The number of hydrogen-bond acceptors (Lipinski definition) is 7. The number of nitriles is 1. The van der Waals surface area contributed by atoms with E-state index in [9.17, 15) is 10.4 Å². The SMILES string of the molecule is COC1CCC(C)(Nc2ncc(C#N)c(NC3CCC[C@H](O)C3)n2)CC1. The summed E-state index contributed by atoms with van der Waals surface area (Å²) < 4.78 is 5.45. The van der Waals surface area contributed by atoms with E-state index in [0.717, 1.165) is 44.9 Å². The van der Waals surface area contributed by atoms with E-state index < -0.39 is 0 Å². The molecule has 1 aromatic heterocycles. The maximum absolute atomic E-state index is 9.87. The summed E-state index contributed by atoms with van der Waals surface area (Å²) in [5.41, 5.74) is 0.366. The lowest BCUT2D eigenvalue weighted by molar-refractivity contribution is 0.0563. The van der Waals surface area contributed by atoms with Crippen LogP contribution < -0.4 is 10.6 Å². The van der Waals surface area contributed by atoms with E-state index in [1.807, 2.05) is 0 Å². The largest absolute Gasteiger partial charge is 0.393 e. The predicted octanol–water partition coefficient (Wildman–Crippen LogP) is 2.82. The Morgan fingerprint density at radius 3 is 2.73 bits per heavy atom. The minimum Gasteiger partial charge on any atom is -0.393 e. The lowest BCUT2D eigenvalue weighted by Gasteiger charge is -2.37. The quantitative estimate of drug-likeness (QED) is 0.743. The van der Waals surface area contributed by atoms with E-state index in [-0.39, 0.29) is 17.7 Å². The molecule has 2 fully saturated rings. The summed E-state index contributed by atoms with van der Waals surface area (Å²) in [5.74, 6) is 1.10. The number of rotatable bonds is 5. The number of nitrogens with zero attached hydrogens (tertiary/aromatic N) is 3. The van der Waals surface area contributed by atoms with Gasteiger partial charge in [0, 0.05) is 18.7 Å². The molecule has 2 atom stereocenters. The van der Waals surface area contributed by atoms with Crippen LogP contribution in [0.2, 0.25) is 0 Å². The van der Waals surface area contributed by atoms with Gasteiger partial charge in [0.25, 0.3) is 0 Å². The molecular weight excluding hydrogens is 330 g/mol. The molecule has 26 heavy (non-hydrogen) atoms. The number of hydrogen-bond donors (Lipinski definition) is 3. The fourth-order valence-corrected chi connectivity index (χ4v) is 3.98. The van der Waals surface area contributed by atoms with Gasteiger partial charge in [-0.15, -0.1) is 0 Å². The Morgan fingerprint density at radius 2 is 2.08 bits per heavy atom. The van der Waals surface area contributed by atoms with Crippen LogP contribution >= 0.6 is 0 Å². The Kier molecular flexibility index (Phi) is 5.94.